The molecule has 0 aromatic carbocycles. The van der Waals surface area contributed by atoms with E-state index in [4.69, 9.17) is 29.7 Å². The molecule has 1 aliphatic rings. The Hall–Kier alpha value is 0.361. The second-order valence-electron chi connectivity index (χ2n) is 8.47. The molecule has 0 radical (unpaired) electrons. The molecule has 0 aliphatic carbocycles. The first-order valence-corrected chi connectivity index (χ1v) is 24.5. The highest BCUT2D eigenvalue weighted by Crippen LogP contribution is 2.38. The minimum absolute atomic E-state index is 0.171. The maximum Gasteiger partial charge on any atom is 0.500 e. The van der Waals surface area contributed by atoms with Gasteiger partial charge >= 0.3 is 44.5 Å². The van der Waals surface area contributed by atoms with E-state index < -0.39 is 52.6 Å². The zero-order valence-corrected chi connectivity index (χ0v) is 26.7. The SMILES string of the molecule is CCC([Si](C)(C=O)C=O)[Si]1(C)O[SiH](C)O[Si](C)(CCC[Si](OC)(OC)OC)O[SiH](C)O1. The maximum absolute atomic E-state index is 11.8. The third-order valence-corrected chi connectivity index (χ3v) is 31.2. The lowest BCUT2D eigenvalue weighted by Crippen LogP contribution is -2.64. The van der Waals surface area contributed by atoms with Crippen molar-refractivity contribution in [3.8, 4) is 0 Å². The van der Waals surface area contributed by atoms with Gasteiger partial charge < -0.3 is 39.3 Å². The molecule has 3 unspecified atom stereocenters. The highest BCUT2D eigenvalue weighted by Gasteiger charge is 2.55. The van der Waals surface area contributed by atoms with E-state index in [0.717, 1.165) is 24.3 Å². The van der Waals surface area contributed by atoms with Gasteiger partial charge in [-0.25, -0.2) is 0 Å². The van der Waals surface area contributed by atoms with E-state index in [-0.39, 0.29) is 5.16 Å². The van der Waals surface area contributed by atoms with Gasteiger partial charge in [-0.2, -0.15) is 0 Å². The number of hydrogen-bond acceptors (Lipinski definition) is 9. The highest BCUT2D eigenvalue weighted by atomic mass is 28.5. The lowest BCUT2D eigenvalue weighted by molar-refractivity contribution is 0.123. The van der Waals surface area contributed by atoms with Crippen LogP contribution in [0, 0.1) is 0 Å². The van der Waals surface area contributed by atoms with Gasteiger partial charge in [0.1, 0.15) is 11.8 Å². The topological polar surface area (TPSA) is 98.8 Å². The largest absolute Gasteiger partial charge is 0.500 e. The molecule has 182 valence electrons. The van der Waals surface area contributed by atoms with Crippen LogP contribution in [-0.2, 0) is 39.3 Å². The minimum Gasteiger partial charge on any atom is -0.418 e. The van der Waals surface area contributed by atoms with Crippen molar-refractivity contribution in [3.05, 3.63) is 0 Å². The molecule has 0 spiro atoms. The summed E-state index contributed by atoms with van der Waals surface area (Å²) in [6.45, 7) is 11.8. The first kappa shape index (κ1) is 29.4. The van der Waals surface area contributed by atoms with Gasteiger partial charge in [0.15, 0.2) is 0 Å². The average Bonchev–Trinajstić information content (AvgIpc) is 2.70. The summed E-state index contributed by atoms with van der Waals surface area (Å²) >= 11 is 0. The first-order chi connectivity index (χ1) is 14.4. The van der Waals surface area contributed by atoms with Crippen LogP contribution in [0.5, 0.6) is 0 Å². The number of rotatable bonds is 12. The summed E-state index contributed by atoms with van der Waals surface area (Å²) < 4.78 is 42.6. The summed E-state index contributed by atoms with van der Waals surface area (Å²) in [5.74, 6) is 1.71. The third kappa shape index (κ3) is 7.42. The van der Waals surface area contributed by atoms with Crippen molar-refractivity contribution < 1.29 is 39.3 Å². The summed E-state index contributed by atoms with van der Waals surface area (Å²) in [4.78, 5) is 23.6. The summed E-state index contributed by atoms with van der Waals surface area (Å²) in [5, 5.41) is -0.171. The number of carbonyl (C=O) groups is 2. The molecule has 0 bridgehead atoms. The second kappa shape index (κ2) is 12.2. The van der Waals surface area contributed by atoms with E-state index in [9.17, 15) is 9.59 Å². The molecule has 15 heteroatoms. The first-order valence-electron chi connectivity index (χ1n) is 10.7. The Bertz CT molecular complexity index is 564. The van der Waals surface area contributed by atoms with Crippen molar-refractivity contribution >= 4 is 64.4 Å². The summed E-state index contributed by atoms with van der Waals surface area (Å²) in [5.41, 5.74) is 0. The van der Waals surface area contributed by atoms with Crippen molar-refractivity contribution in [3.63, 3.8) is 0 Å². The van der Waals surface area contributed by atoms with Crippen LogP contribution in [0.2, 0.25) is 50.0 Å². The summed E-state index contributed by atoms with van der Waals surface area (Å²) in [6.07, 6.45) is 1.46. The van der Waals surface area contributed by atoms with Crippen molar-refractivity contribution in [1.82, 2.24) is 0 Å². The molecule has 1 fully saturated rings. The number of carbonyl (C=O) groups excluding carboxylic acids is 2. The predicted molar refractivity (Wildman–Crippen MR) is 134 cm³/mol. The van der Waals surface area contributed by atoms with E-state index in [1.54, 1.807) is 27.9 Å². The lowest BCUT2D eigenvalue weighted by Gasteiger charge is -2.46. The monoisotopic (exact) mass is 544 g/mol. The van der Waals surface area contributed by atoms with Crippen LogP contribution in [0.15, 0.2) is 0 Å². The minimum atomic E-state index is -2.85. The molecule has 0 amide bonds. The molecule has 0 aromatic rings. The molecule has 9 nitrogen and oxygen atoms in total. The van der Waals surface area contributed by atoms with Crippen molar-refractivity contribution in [2.75, 3.05) is 21.3 Å². The molecular weight excluding hydrogens is 505 g/mol. The molecule has 0 aromatic heterocycles. The van der Waals surface area contributed by atoms with E-state index in [1.807, 2.05) is 26.6 Å². The Morgan fingerprint density at radius 1 is 0.935 bits per heavy atom. The van der Waals surface area contributed by atoms with E-state index in [1.165, 1.54) is 0 Å². The Kier molecular flexibility index (Phi) is 11.5. The van der Waals surface area contributed by atoms with Crippen LogP contribution in [0.1, 0.15) is 19.8 Å². The third-order valence-electron chi connectivity index (χ3n) is 5.98. The van der Waals surface area contributed by atoms with Crippen molar-refractivity contribution in [1.29, 1.82) is 0 Å². The Labute approximate surface area is 194 Å². The van der Waals surface area contributed by atoms with Gasteiger partial charge in [0.2, 0.25) is 8.07 Å². The predicted octanol–water partition coefficient (Wildman–Crippen LogP) is 2.12. The number of hydrogen-bond donors (Lipinski definition) is 0. The fourth-order valence-electron chi connectivity index (χ4n) is 4.50. The van der Waals surface area contributed by atoms with Gasteiger partial charge in [-0.1, -0.05) is 19.9 Å². The molecule has 1 heterocycles. The van der Waals surface area contributed by atoms with Gasteiger partial charge in [0.05, 0.1) is 0 Å². The normalized spacial score (nSPS) is 31.5. The lowest BCUT2D eigenvalue weighted by atomic mass is 10.6. The van der Waals surface area contributed by atoms with Gasteiger partial charge in [-0.3, -0.25) is 0 Å². The summed E-state index contributed by atoms with van der Waals surface area (Å²) in [7, 11) is -10.2. The summed E-state index contributed by atoms with van der Waals surface area (Å²) in [6, 6.07) is 1.43. The fraction of sp³-hybridized carbons (Fsp3) is 0.875. The molecule has 31 heavy (non-hydrogen) atoms. The van der Waals surface area contributed by atoms with Crippen LogP contribution in [-0.4, -0.2) is 85.7 Å². The maximum atomic E-state index is 11.8. The molecular formula is C16H40O9Si6. The Morgan fingerprint density at radius 3 is 1.74 bits per heavy atom. The molecule has 1 saturated heterocycles. The zero-order valence-electron chi connectivity index (χ0n) is 20.4. The molecule has 1 rings (SSSR count). The van der Waals surface area contributed by atoms with Gasteiger partial charge in [-0.05, 0) is 38.7 Å². The molecule has 1 aliphatic heterocycles. The molecule has 3 atom stereocenters. The average molecular weight is 545 g/mol. The quantitative estimate of drug-likeness (QED) is 0.270. The zero-order chi connectivity index (χ0) is 23.9. The van der Waals surface area contributed by atoms with Gasteiger partial charge in [-0.15, -0.1) is 0 Å². The van der Waals surface area contributed by atoms with Crippen LogP contribution in [0.25, 0.3) is 0 Å². The molecule has 0 N–H and O–H groups in total. The second-order valence-corrected chi connectivity index (χ2v) is 27.6. The fourth-order valence-corrected chi connectivity index (χ4v) is 31.4. The smallest absolute Gasteiger partial charge is 0.418 e. The molecule has 0 saturated carbocycles. The highest BCUT2D eigenvalue weighted by molar-refractivity contribution is 7.23. The van der Waals surface area contributed by atoms with Crippen molar-refractivity contribution in [2.24, 2.45) is 0 Å². The van der Waals surface area contributed by atoms with E-state index in [0.29, 0.717) is 12.5 Å². The van der Waals surface area contributed by atoms with Gasteiger partial charge in [0, 0.05) is 32.5 Å². The Morgan fingerprint density at radius 2 is 1.39 bits per heavy atom. The standard InChI is InChI=1S/C16H40O9Si6/c1-10-16(28(7,14-17)15-18)30(9)24-26(5)22-29(8,23-27(6)25-30)12-11-13-31(19-2,20-3)21-4/h14-16,26-27H,10-13H2,1-9H3. The Balaban J connectivity index is 2.99. The van der Waals surface area contributed by atoms with E-state index in [2.05, 4.69) is 6.55 Å². The van der Waals surface area contributed by atoms with Crippen LogP contribution < -0.4 is 0 Å². The van der Waals surface area contributed by atoms with Crippen LogP contribution in [0.4, 0.5) is 0 Å². The van der Waals surface area contributed by atoms with Crippen LogP contribution in [0.3, 0.4) is 0 Å². The van der Waals surface area contributed by atoms with Crippen molar-refractivity contribution in [2.45, 2.75) is 69.8 Å². The van der Waals surface area contributed by atoms with E-state index >= 15 is 0 Å². The van der Waals surface area contributed by atoms with Gasteiger partial charge in [0.25, 0.3) is 0 Å². The van der Waals surface area contributed by atoms with Crippen LogP contribution >= 0.6 is 0 Å².